The van der Waals surface area contributed by atoms with Crippen LogP contribution in [0.25, 0.3) is 0 Å². The first kappa shape index (κ1) is 12.7. The Morgan fingerprint density at radius 2 is 2.14 bits per heavy atom. The van der Waals surface area contributed by atoms with Gasteiger partial charge in [-0.1, -0.05) is 5.16 Å². The fraction of sp³-hybridized carbons (Fsp3) is 0.571. The van der Waals surface area contributed by atoms with Gasteiger partial charge in [0.2, 0.25) is 17.7 Å². The summed E-state index contributed by atoms with van der Waals surface area (Å²) in [5.41, 5.74) is 0. The summed E-state index contributed by atoms with van der Waals surface area (Å²) in [5, 5.41) is 3.98. The molecule has 21 heavy (non-hydrogen) atoms. The predicted octanol–water partition coefficient (Wildman–Crippen LogP) is 1.52. The molecule has 0 aliphatic carbocycles. The second-order valence-electron chi connectivity index (χ2n) is 5.61. The van der Waals surface area contributed by atoms with E-state index in [4.69, 9.17) is 9.26 Å². The van der Waals surface area contributed by atoms with Gasteiger partial charge in [-0.05, 0) is 24.8 Å². The summed E-state index contributed by atoms with van der Waals surface area (Å²) in [6, 6.07) is 1.83. The van der Waals surface area contributed by atoms with E-state index in [2.05, 4.69) is 25.0 Å². The Balaban J connectivity index is 1.47. The zero-order valence-electron chi connectivity index (χ0n) is 11.8. The fourth-order valence-electron chi connectivity index (χ4n) is 3.18. The first-order valence-corrected chi connectivity index (χ1v) is 7.27. The third kappa shape index (κ3) is 2.37. The number of hydrogen-bond donors (Lipinski definition) is 0. The minimum absolute atomic E-state index is 0.0471. The Bertz CT molecular complexity index is 617. The lowest BCUT2D eigenvalue weighted by Crippen LogP contribution is -2.43. The lowest BCUT2D eigenvalue weighted by molar-refractivity contribution is 0.0265. The summed E-state index contributed by atoms with van der Waals surface area (Å²) in [6.07, 6.45) is 5.73. The molecular formula is C14H17N5O2. The SMILES string of the molecule is Cc1nc([C@@H]2C[C@H]3CCN(c4ncccn4)C[C@@H]3O2)no1. The van der Waals surface area contributed by atoms with Crippen LogP contribution in [0.4, 0.5) is 5.95 Å². The standard InChI is InChI=1S/C14H17N5O2/c1-9-17-13(18-21-9)11-7-10-3-6-19(8-12(10)20-11)14-15-4-2-5-16-14/h2,4-5,10-12H,3,6-8H2,1H3/t10-,11+,12+/m1/s1. The molecule has 2 aromatic rings. The molecule has 2 aromatic heterocycles. The molecule has 0 aromatic carbocycles. The van der Waals surface area contributed by atoms with Crippen LogP contribution in [0.2, 0.25) is 0 Å². The fourth-order valence-corrected chi connectivity index (χ4v) is 3.18. The molecule has 0 amide bonds. The van der Waals surface area contributed by atoms with Crippen molar-refractivity contribution in [2.24, 2.45) is 5.92 Å². The number of fused-ring (bicyclic) bond motifs is 1. The van der Waals surface area contributed by atoms with Gasteiger partial charge in [-0.2, -0.15) is 4.98 Å². The molecule has 2 saturated heterocycles. The van der Waals surface area contributed by atoms with Crippen LogP contribution in [0.15, 0.2) is 23.0 Å². The van der Waals surface area contributed by atoms with Crippen molar-refractivity contribution in [3.8, 4) is 0 Å². The van der Waals surface area contributed by atoms with Gasteiger partial charge in [-0.3, -0.25) is 0 Å². The quantitative estimate of drug-likeness (QED) is 0.828. The van der Waals surface area contributed by atoms with Gasteiger partial charge in [0.05, 0.1) is 6.10 Å². The van der Waals surface area contributed by atoms with Crippen molar-refractivity contribution in [2.75, 3.05) is 18.0 Å². The smallest absolute Gasteiger partial charge is 0.225 e. The van der Waals surface area contributed by atoms with Crippen molar-refractivity contribution in [3.05, 3.63) is 30.2 Å². The van der Waals surface area contributed by atoms with E-state index in [9.17, 15) is 0 Å². The molecule has 4 rings (SSSR count). The van der Waals surface area contributed by atoms with Crippen LogP contribution < -0.4 is 4.90 Å². The molecule has 0 radical (unpaired) electrons. The normalized spacial score (nSPS) is 28.6. The zero-order chi connectivity index (χ0) is 14.2. The first-order chi connectivity index (χ1) is 10.3. The Morgan fingerprint density at radius 1 is 1.29 bits per heavy atom. The van der Waals surface area contributed by atoms with Gasteiger partial charge in [0.1, 0.15) is 6.10 Å². The zero-order valence-corrected chi connectivity index (χ0v) is 11.8. The van der Waals surface area contributed by atoms with Crippen LogP contribution in [0.3, 0.4) is 0 Å². The minimum atomic E-state index is -0.0471. The first-order valence-electron chi connectivity index (χ1n) is 7.27. The van der Waals surface area contributed by atoms with E-state index in [0.29, 0.717) is 17.6 Å². The number of nitrogens with zero attached hydrogens (tertiary/aromatic N) is 5. The number of piperidine rings is 1. The Labute approximate surface area is 122 Å². The van der Waals surface area contributed by atoms with E-state index in [-0.39, 0.29) is 12.2 Å². The Hall–Kier alpha value is -2.02. The summed E-state index contributed by atoms with van der Waals surface area (Å²) < 4.78 is 11.2. The largest absolute Gasteiger partial charge is 0.365 e. The highest BCUT2D eigenvalue weighted by Crippen LogP contribution is 2.40. The van der Waals surface area contributed by atoms with E-state index >= 15 is 0 Å². The molecule has 0 N–H and O–H groups in total. The highest BCUT2D eigenvalue weighted by Gasteiger charge is 2.41. The lowest BCUT2D eigenvalue weighted by Gasteiger charge is -2.33. The summed E-state index contributed by atoms with van der Waals surface area (Å²) in [5.74, 6) is 2.58. The van der Waals surface area contributed by atoms with Crippen molar-refractivity contribution in [1.29, 1.82) is 0 Å². The third-order valence-corrected chi connectivity index (χ3v) is 4.22. The Kier molecular flexibility index (Phi) is 3.07. The van der Waals surface area contributed by atoms with Gasteiger partial charge >= 0.3 is 0 Å². The molecule has 2 fully saturated rings. The van der Waals surface area contributed by atoms with E-state index < -0.39 is 0 Å². The molecule has 7 nitrogen and oxygen atoms in total. The maximum Gasteiger partial charge on any atom is 0.225 e. The van der Waals surface area contributed by atoms with Crippen LogP contribution in [-0.2, 0) is 4.74 Å². The number of anilines is 1. The average Bonchev–Trinajstić information content (AvgIpc) is 3.13. The van der Waals surface area contributed by atoms with Crippen LogP contribution in [0, 0.1) is 12.8 Å². The molecular weight excluding hydrogens is 270 g/mol. The third-order valence-electron chi connectivity index (χ3n) is 4.22. The predicted molar refractivity (Wildman–Crippen MR) is 73.6 cm³/mol. The number of ether oxygens (including phenoxy) is 1. The molecule has 3 atom stereocenters. The molecule has 4 heterocycles. The number of aryl methyl sites for hydroxylation is 1. The van der Waals surface area contributed by atoms with Gasteiger partial charge < -0.3 is 14.2 Å². The molecule has 0 unspecified atom stereocenters. The van der Waals surface area contributed by atoms with Gasteiger partial charge in [0, 0.05) is 32.4 Å². The average molecular weight is 287 g/mol. The van der Waals surface area contributed by atoms with Crippen molar-refractivity contribution in [2.45, 2.75) is 32.0 Å². The van der Waals surface area contributed by atoms with Crippen LogP contribution in [0.5, 0.6) is 0 Å². The van der Waals surface area contributed by atoms with Crippen molar-refractivity contribution in [3.63, 3.8) is 0 Å². The van der Waals surface area contributed by atoms with Gasteiger partial charge in [0.25, 0.3) is 0 Å². The maximum atomic E-state index is 6.13. The van der Waals surface area contributed by atoms with E-state index in [0.717, 1.165) is 31.9 Å². The van der Waals surface area contributed by atoms with Crippen LogP contribution >= 0.6 is 0 Å². The van der Waals surface area contributed by atoms with Crippen LogP contribution in [0.1, 0.15) is 30.7 Å². The van der Waals surface area contributed by atoms with Crippen molar-refractivity contribution < 1.29 is 9.26 Å². The van der Waals surface area contributed by atoms with Crippen molar-refractivity contribution >= 4 is 5.95 Å². The molecule has 2 aliphatic heterocycles. The van der Waals surface area contributed by atoms with Crippen molar-refractivity contribution in [1.82, 2.24) is 20.1 Å². The van der Waals surface area contributed by atoms with E-state index in [1.165, 1.54) is 0 Å². The summed E-state index contributed by atoms with van der Waals surface area (Å²) >= 11 is 0. The van der Waals surface area contributed by atoms with E-state index in [1.807, 2.05) is 6.07 Å². The highest BCUT2D eigenvalue weighted by molar-refractivity contribution is 5.30. The number of hydrogen-bond acceptors (Lipinski definition) is 7. The second-order valence-corrected chi connectivity index (χ2v) is 5.61. The molecule has 0 saturated carbocycles. The molecule has 0 spiro atoms. The van der Waals surface area contributed by atoms with Crippen LogP contribution in [-0.4, -0.2) is 39.3 Å². The monoisotopic (exact) mass is 287 g/mol. The van der Waals surface area contributed by atoms with Gasteiger partial charge in [0.15, 0.2) is 0 Å². The summed E-state index contributed by atoms with van der Waals surface area (Å²) in [6.45, 7) is 3.58. The minimum Gasteiger partial charge on any atom is -0.365 e. The van der Waals surface area contributed by atoms with Gasteiger partial charge in [-0.25, -0.2) is 9.97 Å². The molecule has 0 bridgehead atoms. The lowest BCUT2D eigenvalue weighted by atomic mass is 9.92. The summed E-state index contributed by atoms with van der Waals surface area (Å²) in [4.78, 5) is 15.1. The van der Waals surface area contributed by atoms with Gasteiger partial charge in [-0.15, -0.1) is 0 Å². The Morgan fingerprint density at radius 3 is 2.90 bits per heavy atom. The molecule has 7 heteroatoms. The summed E-state index contributed by atoms with van der Waals surface area (Å²) in [7, 11) is 0. The molecule has 2 aliphatic rings. The topological polar surface area (TPSA) is 77.2 Å². The highest BCUT2D eigenvalue weighted by atomic mass is 16.5. The molecule has 110 valence electrons. The maximum absolute atomic E-state index is 6.13. The van der Waals surface area contributed by atoms with E-state index in [1.54, 1.807) is 19.3 Å². The second kappa shape index (κ2) is 5.07. The number of aromatic nitrogens is 4. The number of rotatable bonds is 2.